The van der Waals surface area contributed by atoms with Crippen LogP contribution in [-0.4, -0.2) is 41.9 Å². The Hall–Kier alpha value is -0.290. The molecule has 0 bridgehead atoms. The molecule has 5 heteroatoms. The van der Waals surface area contributed by atoms with Gasteiger partial charge in [0.2, 0.25) is 0 Å². The number of likely N-dealkylation sites (tertiary alicyclic amines) is 1. The molecule has 5 atom stereocenters. The number of nitrogens with zero attached hydrogens (tertiary/aromatic N) is 1. The average Bonchev–Trinajstić information content (AvgIpc) is 2.33. The number of aliphatic hydroxyl groups excluding tert-OH is 1. The Morgan fingerprint density at radius 3 is 2.50 bits per heavy atom. The van der Waals surface area contributed by atoms with Gasteiger partial charge < -0.3 is 10.0 Å². The Bertz CT molecular complexity index is 309. The summed E-state index contributed by atoms with van der Waals surface area (Å²) in [7, 11) is 0. The minimum Gasteiger partial charge on any atom is -0.393 e. The van der Waals surface area contributed by atoms with E-state index in [4.69, 9.17) is 0 Å². The van der Waals surface area contributed by atoms with Gasteiger partial charge in [-0.3, -0.25) is 0 Å². The van der Waals surface area contributed by atoms with Crippen molar-refractivity contribution < 1.29 is 18.3 Å². The normalized spacial score (nSPS) is 40.8. The van der Waals surface area contributed by atoms with Crippen LogP contribution in [0.25, 0.3) is 0 Å². The van der Waals surface area contributed by atoms with Crippen molar-refractivity contribution in [2.45, 2.75) is 51.8 Å². The van der Waals surface area contributed by atoms with Gasteiger partial charge in [0.15, 0.2) is 0 Å². The Morgan fingerprint density at radius 1 is 1.20 bits per heavy atom. The van der Waals surface area contributed by atoms with E-state index in [9.17, 15) is 18.3 Å². The minimum absolute atomic E-state index is 0.106. The number of halogens is 3. The molecule has 2 nitrogen and oxygen atoms in total. The van der Waals surface area contributed by atoms with Crippen molar-refractivity contribution in [3.63, 3.8) is 0 Å². The van der Waals surface area contributed by atoms with E-state index in [0.29, 0.717) is 24.8 Å². The molecule has 1 N–H and O–H groups in total. The van der Waals surface area contributed by atoms with E-state index in [-0.39, 0.29) is 25.0 Å². The molecule has 0 aromatic heterocycles. The van der Waals surface area contributed by atoms with Crippen LogP contribution in [0.3, 0.4) is 0 Å². The van der Waals surface area contributed by atoms with Gasteiger partial charge in [-0.15, -0.1) is 0 Å². The molecule has 20 heavy (non-hydrogen) atoms. The van der Waals surface area contributed by atoms with Crippen molar-refractivity contribution in [2.24, 2.45) is 23.7 Å². The highest BCUT2D eigenvalue weighted by molar-refractivity contribution is 4.87. The summed E-state index contributed by atoms with van der Waals surface area (Å²) in [5.41, 5.74) is 0. The third-order valence-corrected chi connectivity index (χ3v) is 5.08. The molecular formula is C15H26F3NO. The summed E-state index contributed by atoms with van der Waals surface area (Å²) >= 11 is 0. The van der Waals surface area contributed by atoms with Gasteiger partial charge in [-0.1, -0.05) is 13.8 Å². The van der Waals surface area contributed by atoms with Crippen LogP contribution in [0.4, 0.5) is 13.2 Å². The van der Waals surface area contributed by atoms with E-state index in [2.05, 4.69) is 13.8 Å². The molecular weight excluding hydrogens is 267 g/mol. The Labute approximate surface area is 119 Å². The summed E-state index contributed by atoms with van der Waals surface area (Å²) in [6.07, 6.45) is -1.73. The molecule has 1 aliphatic carbocycles. The summed E-state index contributed by atoms with van der Waals surface area (Å²) < 4.78 is 38.5. The van der Waals surface area contributed by atoms with Crippen LogP contribution < -0.4 is 0 Å². The molecule has 1 heterocycles. The van der Waals surface area contributed by atoms with Crippen LogP contribution in [-0.2, 0) is 0 Å². The second-order valence-electron chi connectivity index (χ2n) is 6.93. The summed E-state index contributed by atoms with van der Waals surface area (Å²) in [5.74, 6) is -0.162. The maximum absolute atomic E-state index is 12.8. The summed E-state index contributed by atoms with van der Waals surface area (Å²) in [6.45, 7) is 5.71. The SMILES string of the molecule is CC1CC(C)C(CN2CCCC(C(F)(F)F)C2)C(O)C1. The first kappa shape index (κ1) is 16.1. The van der Waals surface area contributed by atoms with Gasteiger partial charge in [0, 0.05) is 19.0 Å². The predicted octanol–water partition coefficient (Wildman–Crippen LogP) is 3.30. The monoisotopic (exact) mass is 293 g/mol. The van der Waals surface area contributed by atoms with Crippen molar-refractivity contribution in [3.8, 4) is 0 Å². The minimum atomic E-state index is -4.08. The zero-order valence-electron chi connectivity index (χ0n) is 12.4. The van der Waals surface area contributed by atoms with Crippen molar-refractivity contribution in [3.05, 3.63) is 0 Å². The number of aliphatic hydroxyl groups is 1. The largest absolute Gasteiger partial charge is 0.393 e. The van der Waals surface area contributed by atoms with Crippen molar-refractivity contribution in [1.29, 1.82) is 0 Å². The van der Waals surface area contributed by atoms with Crippen LogP contribution in [0.2, 0.25) is 0 Å². The second kappa shape index (κ2) is 6.22. The number of rotatable bonds is 2. The molecule has 0 aromatic carbocycles. The maximum Gasteiger partial charge on any atom is 0.393 e. The fourth-order valence-electron chi connectivity index (χ4n) is 3.96. The second-order valence-corrected chi connectivity index (χ2v) is 6.93. The molecule has 1 aliphatic heterocycles. The van der Waals surface area contributed by atoms with Crippen molar-refractivity contribution in [1.82, 2.24) is 4.90 Å². The molecule has 1 saturated carbocycles. The number of hydrogen-bond donors (Lipinski definition) is 1. The molecule has 5 unspecified atom stereocenters. The fourth-order valence-corrected chi connectivity index (χ4v) is 3.96. The van der Waals surface area contributed by atoms with Crippen LogP contribution >= 0.6 is 0 Å². The van der Waals surface area contributed by atoms with Crippen molar-refractivity contribution >= 4 is 0 Å². The van der Waals surface area contributed by atoms with Crippen LogP contribution in [0, 0.1) is 23.7 Å². The zero-order valence-corrected chi connectivity index (χ0v) is 12.4. The molecule has 0 spiro atoms. The molecule has 0 aromatic rings. The van der Waals surface area contributed by atoms with Crippen LogP contribution in [0.5, 0.6) is 0 Å². The van der Waals surface area contributed by atoms with Crippen molar-refractivity contribution in [2.75, 3.05) is 19.6 Å². The molecule has 1 saturated heterocycles. The highest BCUT2D eigenvalue weighted by atomic mass is 19.4. The Balaban J connectivity index is 1.92. The summed E-state index contributed by atoms with van der Waals surface area (Å²) in [6, 6.07) is 0. The fraction of sp³-hybridized carbons (Fsp3) is 1.00. The van der Waals surface area contributed by atoms with E-state index < -0.39 is 12.1 Å². The number of hydrogen-bond acceptors (Lipinski definition) is 2. The first-order chi connectivity index (χ1) is 9.27. The average molecular weight is 293 g/mol. The first-order valence-electron chi connectivity index (χ1n) is 7.74. The lowest BCUT2D eigenvalue weighted by Gasteiger charge is -2.42. The third-order valence-electron chi connectivity index (χ3n) is 5.08. The smallest absolute Gasteiger partial charge is 0.393 e. The van der Waals surface area contributed by atoms with Crippen LogP contribution in [0.1, 0.15) is 39.5 Å². The Kier molecular flexibility index (Phi) is 5.00. The highest BCUT2D eigenvalue weighted by Crippen LogP contribution is 2.37. The lowest BCUT2D eigenvalue weighted by molar-refractivity contribution is -0.188. The molecule has 0 radical (unpaired) electrons. The van der Waals surface area contributed by atoms with Gasteiger partial charge in [0.25, 0.3) is 0 Å². The maximum atomic E-state index is 12.8. The molecule has 2 rings (SSSR count). The Morgan fingerprint density at radius 2 is 1.90 bits per heavy atom. The van der Waals surface area contributed by atoms with E-state index in [1.165, 1.54) is 0 Å². The summed E-state index contributed by atoms with van der Waals surface area (Å²) in [4.78, 5) is 1.92. The quantitative estimate of drug-likeness (QED) is 0.844. The predicted molar refractivity (Wildman–Crippen MR) is 72.3 cm³/mol. The van der Waals surface area contributed by atoms with Gasteiger partial charge in [0.05, 0.1) is 12.0 Å². The zero-order chi connectivity index (χ0) is 14.9. The highest BCUT2D eigenvalue weighted by Gasteiger charge is 2.43. The van der Waals surface area contributed by atoms with Gasteiger partial charge in [-0.2, -0.15) is 13.2 Å². The molecule has 0 amide bonds. The number of alkyl halides is 3. The molecule has 118 valence electrons. The molecule has 2 fully saturated rings. The summed E-state index contributed by atoms with van der Waals surface area (Å²) in [5, 5.41) is 10.2. The van der Waals surface area contributed by atoms with Gasteiger partial charge in [-0.05, 0) is 44.1 Å². The van der Waals surface area contributed by atoms with Crippen LogP contribution in [0.15, 0.2) is 0 Å². The first-order valence-corrected chi connectivity index (χ1v) is 7.74. The van der Waals surface area contributed by atoms with Gasteiger partial charge in [-0.25, -0.2) is 0 Å². The lowest BCUT2D eigenvalue weighted by atomic mass is 9.73. The lowest BCUT2D eigenvalue weighted by Crippen LogP contribution is -2.47. The van der Waals surface area contributed by atoms with E-state index in [1.54, 1.807) is 0 Å². The molecule has 2 aliphatic rings. The van der Waals surface area contributed by atoms with Gasteiger partial charge >= 0.3 is 6.18 Å². The van der Waals surface area contributed by atoms with Gasteiger partial charge in [0.1, 0.15) is 0 Å². The third kappa shape index (κ3) is 3.88. The number of piperidine rings is 1. The van der Waals surface area contributed by atoms with E-state index >= 15 is 0 Å². The topological polar surface area (TPSA) is 23.5 Å². The van der Waals surface area contributed by atoms with E-state index in [1.807, 2.05) is 4.90 Å². The standard InChI is InChI=1S/C15H26F3NO/c1-10-6-11(2)13(14(20)7-10)9-19-5-3-4-12(8-19)15(16,17)18/h10-14,20H,3-9H2,1-2H3. The van der Waals surface area contributed by atoms with E-state index in [0.717, 1.165) is 19.4 Å².